The molecule has 0 aliphatic heterocycles. The molecule has 0 bridgehead atoms. The summed E-state index contributed by atoms with van der Waals surface area (Å²) in [6.07, 6.45) is 1.78. The topological polar surface area (TPSA) is 62.3 Å². The first-order chi connectivity index (χ1) is 8.75. The number of para-hydroxylation sites is 1. The third-order valence-electron chi connectivity index (χ3n) is 2.77. The molecule has 0 saturated carbocycles. The lowest BCUT2D eigenvalue weighted by Crippen LogP contribution is -1.98. The van der Waals surface area contributed by atoms with Gasteiger partial charge in [0.15, 0.2) is 5.82 Å². The maximum Gasteiger partial charge on any atom is 0.213 e. The Balaban J connectivity index is 2.11. The normalized spacial score (nSPS) is 10.7. The van der Waals surface area contributed by atoms with Crippen molar-refractivity contribution >= 4 is 12.2 Å². The van der Waals surface area contributed by atoms with Crippen LogP contribution in [-0.2, 0) is 0 Å². The van der Waals surface area contributed by atoms with Crippen LogP contribution >= 0.6 is 12.2 Å². The lowest BCUT2D eigenvalue weighted by atomic mass is 10.2. The highest BCUT2D eigenvalue weighted by molar-refractivity contribution is 7.71. The number of aromatic amines is 2. The van der Waals surface area contributed by atoms with Gasteiger partial charge in [-0.15, -0.1) is 0 Å². The molecule has 0 aliphatic rings. The average Bonchev–Trinajstić information content (AvgIpc) is 2.97. The summed E-state index contributed by atoms with van der Waals surface area (Å²) in [4.78, 5) is 4.20. The highest BCUT2D eigenvalue weighted by atomic mass is 32.1. The van der Waals surface area contributed by atoms with E-state index in [1.165, 1.54) is 0 Å². The van der Waals surface area contributed by atoms with Gasteiger partial charge in [0, 0.05) is 0 Å². The molecule has 1 aromatic carbocycles. The quantitative estimate of drug-likeness (QED) is 0.694. The van der Waals surface area contributed by atoms with Gasteiger partial charge in [-0.05, 0) is 31.3 Å². The Morgan fingerprint density at radius 1 is 1.17 bits per heavy atom. The summed E-state index contributed by atoms with van der Waals surface area (Å²) in [6, 6.07) is 9.97. The van der Waals surface area contributed by atoms with Crippen molar-refractivity contribution in [3.63, 3.8) is 0 Å². The molecular formula is C12H11N5S. The molecule has 0 fully saturated rings. The number of hydrogen-bond donors (Lipinski definition) is 2. The van der Waals surface area contributed by atoms with Gasteiger partial charge in [-0.2, -0.15) is 10.1 Å². The molecule has 90 valence electrons. The SMILES string of the molecule is Cc1c(-c2nc(=S)[nH][nH]2)cnn1-c1ccccc1. The van der Waals surface area contributed by atoms with E-state index >= 15 is 0 Å². The fourth-order valence-corrected chi connectivity index (χ4v) is 2.01. The van der Waals surface area contributed by atoms with Crippen molar-refractivity contribution in [2.75, 3.05) is 0 Å². The molecule has 2 heterocycles. The number of rotatable bonds is 2. The molecule has 0 saturated heterocycles. The number of H-pyrrole nitrogens is 2. The number of nitrogens with zero attached hydrogens (tertiary/aromatic N) is 3. The molecule has 2 aromatic heterocycles. The van der Waals surface area contributed by atoms with E-state index < -0.39 is 0 Å². The van der Waals surface area contributed by atoms with Crippen molar-refractivity contribution in [1.29, 1.82) is 0 Å². The van der Waals surface area contributed by atoms with Gasteiger partial charge in [0.2, 0.25) is 4.77 Å². The Labute approximate surface area is 108 Å². The molecule has 2 N–H and O–H groups in total. The van der Waals surface area contributed by atoms with Crippen molar-refractivity contribution < 1.29 is 0 Å². The van der Waals surface area contributed by atoms with Gasteiger partial charge in [-0.25, -0.2) is 4.68 Å². The summed E-state index contributed by atoms with van der Waals surface area (Å²) in [6.45, 7) is 2.00. The summed E-state index contributed by atoms with van der Waals surface area (Å²) in [5, 5.41) is 10.1. The Hall–Kier alpha value is -2.21. The summed E-state index contributed by atoms with van der Waals surface area (Å²) in [7, 11) is 0. The molecule has 6 heteroatoms. The van der Waals surface area contributed by atoms with Gasteiger partial charge >= 0.3 is 0 Å². The first-order valence-corrected chi connectivity index (χ1v) is 5.91. The minimum atomic E-state index is 0.442. The van der Waals surface area contributed by atoms with E-state index in [9.17, 15) is 0 Å². The molecule has 5 nitrogen and oxygen atoms in total. The summed E-state index contributed by atoms with van der Waals surface area (Å²) in [5.41, 5.74) is 2.97. The highest BCUT2D eigenvalue weighted by Crippen LogP contribution is 2.21. The van der Waals surface area contributed by atoms with Crippen LogP contribution in [0.25, 0.3) is 17.1 Å². The van der Waals surface area contributed by atoms with E-state index in [1.54, 1.807) is 6.20 Å². The molecule has 0 aliphatic carbocycles. The lowest BCUT2D eigenvalue weighted by molar-refractivity contribution is 0.847. The molecule has 3 aromatic rings. The zero-order valence-corrected chi connectivity index (χ0v) is 10.5. The van der Waals surface area contributed by atoms with Crippen LogP contribution in [0.1, 0.15) is 5.69 Å². The van der Waals surface area contributed by atoms with Crippen LogP contribution in [0.5, 0.6) is 0 Å². The fraction of sp³-hybridized carbons (Fsp3) is 0.0833. The van der Waals surface area contributed by atoms with Crippen LogP contribution in [0.3, 0.4) is 0 Å². The zero-order chi connectivity index (χ0) is 12.5. The van der Waals surface area contributed by atoms with Crippen LogP contribution in [0, 0.1) is 11.7 Å². The van der Waals surface area contributed by atoms with Crippen LogP contribution in [0.15, 0.2) is 36.5 Å². The van der Waals surface area contributed by atoms with E-state index in [0.29, 0.717) is 10.6 Å². The van der Waals surface area contributed by atoms with Gasteiger partial charge in [-0.3, -0.25) is 10.2 Å². The third-order valence-corrected chi connectivity index (χ3v) is 2.96. The number of aromatic nitrogens is 5. The van der Waals surface area contributed by atoms with Crippen molar-refractivity contribution in [1.82, 2.24) is 25.0 Å². The summed E-state index contributed by atoms with van der Waals surface area (Å²) in [5.74, 6) is 0.708. The minimum Gasteiger partial charge on any atom is -0.282 e. The van der Waals surface area contributed by atoms with Gasteiger partial charge in [-0.1, -0.05) is 18.2 Å². The zero-order valence-electron chi connectivity index (χ0n) is 9.71. The van der Waals surface area contributed by atoms with Crippen molar-refractivity contribution in [3.05, 3.63) is 47.0 Å². The van der Waals surface area contributed by atoms with Gasteiger partial charge in [0.1, 0.15) is 0 Å². The molecule has 0 spiro atoms. The van der Waals surface area contributed by atoms with Crippen molar-refractivity contribution in [2.45, 2.75) is 6.92 Å². The second-order valence-electron chi connectivity index (χ2n) is 3.91. The average molecular weight is 257 g/mol. The first kappa shape index (κ1) is 10.9. The van der Waals surface area contributed by atoms with Crippen molar-refractivity contribution in [3.8, 4) is 17.1 Å². The summed E-state index contributed by atoms with van der Waals surface area (Å²) >= 11 is 4.95. The van der Waals surface area contributed by atoms with E-state index in [2.05, 4.69) is 20.3 Å². The number of hydrogen-bond acceptors (Lipinski definition) is 3. The largest absolute Gasteiger partial charge is 0.282 e. The van der Waals surface area contributed by atoms with Gasteiger partial charge in [0.05, 0.1) is 23.1 Å². The minimum absolute atomic E-state index is 0.442. The van der Waals surface area contributed by atoms with Crippen molar-refractivity contribution in [2.24, 2.45) is 0 Å². The Bertz CT molecular complexity index is 722. The maximum absolute atomic E-state index is 4.95. The lowest BCUT2D eigenvalue weighted by Gasteiger charge is -2.03. The predicted molar refractivity (Wildman–Crippen MR) is 71.1 cm³/mol. The second kappa shape index (κ2) is 4.23. The molecule has 0 amide bonds. The molecule has 18 heavy (non-hydrogen) atoms. The van der Waals surface area contributed by atoms with Crippen LogP contribution in [0.4, 0.5) is 0 Å². The van der Waals surface area contributed by atoms with Crippen LogP contribution in [0.2, 0.25) is 0 Å². The highest BCUT2D eigenvalue weighted by Gasteiger charge is 2.11. The molecule has 0 atom stereocenters. The first-order valence-electron chi connectivity index (χ1n) is 5.51. The van der Waals surface area contributed by atoms with Gasteiger partial charge in [0.25, 0.3) is 0 Å². The van der Waals surface area contributed by atoms with E-state index in [0.717, 1.165) is 16.9 Å². The summed E-state index contributed by atoms with van der Waals surface area (Å²) < 4.78 is 2.32. The van der Waals surface area contributed by atoms with E-state index in [-0.39, 0.29) is 0 Å². The van der Waals surface area contributed by atoms with Crippen LogP contribution in [-0.4, -0.2) is 25.0 Å². The van der Waals surface area contributed by atoms with Gasteiger partial charge < -0.3 is 0 Å². The predicted octanol–water partition coefficient (Wildman–Crippen LogP) is 2.63. The number of benzene rings is 1. The Kier molecular flexibility index (Phi) is 2.56. The molecule has 3 rings (SSSR count). The monoisotopic (exact) mass is 257 g/mol. The van der Waals surface area contributed by atoms with E-state index in [1.807, 2.05) is 41.9 Å². The third kappa shape index (κ3) is 1.76. The standard InChI is InChI=1S/C12H11N5S/c1-8-10(11-14-12(18)16-15-11)7-13-17(8)9-5-3-2-4-6-9/h2-7H,1H3,(H2,14,15,16,18). The van der Waals surface area contributed by atoms with E-state index in [4.69, 9.17) is 12.2 Å². The number of nitrogens with one attached hydrogen (secondary N) is 2. The Morgan fingerprint density at radius 3 is 2.61 bits per heavy atom. The van der Waals surface area contributed by atoms with Crippen LogP contribution < -0.4 is 0 Å². The molecular weight excluding hydrogens is 246 g/mol. The molecule has 0 unspecified atom stereocenters. The fourth-order valence-electron chi connectivity index (χ4n) is 1.87. The molecule has 0 radical (unpaired) electrons. The maximum atomic E-state index is 4.95. The smallest absolute Gasteiger partial charge is 0.213 e. The Morgan fingerprint density at radius 2 is 1.94 bits per heavy atom. The second-order valence-corrected chi connectivity index (χ2v) is 4.29.